The van der Waals surface area contributed by atoms with E-state index in [0.717, 1.165) is 25.2 Å². The largest absolute Gasteiger partial charge is 0.385 e. The molecule has 5 heteroatoms. The minimum absolute atomic E-state index is 0.0687. The summed E-state index contributed by atoms with van der Waals surface area (Å²) in [5, 5.41) is 2.88. The second-order valence-corrected chi connectivity index (χ2v) is 5.76. The molecular weight excluding hydrogens is 278 g/mol. The third kappa shape index (κ3) is 4.44. The van der Waals surface area contributed by atoms with E-state index in [-0.39, 0.29) is 5.91 Å². The number of ether oxygens (including phenoxy) is 1. The fourth-order valence-corrected chi connectivity index (χ4v) is 2.94. The number of pyridine rings is 1. The molecule has 1 aliphatic heterocycles. The Kier molecular flexibility index (Phi) is 6.65. The van der Waals surface area contributed by atoms with Crippen LogP contribution in [0.5, 0.6) is 0 Å². The summed E-state index contributed by atoms with van der Waals surface area (Å²) < 4.78 is 4.96. The van der Waals surface area contributed by atoms with Crippen LogP contribution >= 0.6 is 0 Å². The Morgan fingerprint density at radius 1 is 1.45 bits per heavy atom. The molecule has 1 aromatic rings. The monoisotopic (exact) mass is 305 g/mol. The van der Waals surface area contributed by atoms with Gasteiger partial charge in [-0.3, -0.25) is 4.79 Å². The molecule has 5 nitrogen and oxygen atoms in total. The van der Waals surface area contributed by atoms with Crippen LogP contribution in [0.3, 0.4) is 0 Å². The van der Waals surface area contributed by atoms with Crippen molar-refractivity contribution in [3.8, 4) is 0 Å². The van der Waals surface area contributed by atoms with Gasteiger partial charge in [-0.25, -0.2) is 4.98 Å². The van der Waals surface area contributed by atoms with Crippen molar-refractivity contribution >= 4 is 11.7 Å². The van der Waals surface area contributed by atoms with Crippen LogP contribution in [0.1, 0.15) is 49.4 Å². The maximum absolute atomic E-state index is 12.0. The summed E-state index contributed by atoms with van der Waals surface area (Å²) >= 11 is 0. The second kappa shape index (κ2) is 8.73. The number of nitrogens with one attached hydrogen (secondary N) is 1. The highest BCUT2D eigenvalue weighted by Gasteiger charge is 2.22. The summed E-state index contributed by atoms with van der Waals surface area (Å²) in [6.07, 6.45) is 7.41. The lowest BCUT2D eigenvalue weighted by Gasteiger charge is -2.36. The lowest BCUT2D eigenvalue weighted by Crippen LogP contribution is -2.39. The number of carbonyl (C=O) groups is 1. The molecule has 1 N–H and O–H groups in total. The Morgan fingerprint density at radius 2 is 2.32 bits per heavy atom. The van der Waals surface area contributed by atoms with Crippen molar-refractivity contribution in [2.45, 2.75) is 45.1 Å². The zero-order valence-electron chi connectivity index (χ0n) is 13.7. The summed E-state index contributed by atoms with van der Waals surface area (Å²) in [7, 11) is 1.66. The maximum atomic E-state index is 12.0. The average Bonchev–Trinajstić information content (AvgIpc) is 2.58. The summed E-state index contributed by atoms with van der Waals surface area (Å²) in [4.78, 5) is 18.9. The molecule has 1 aliphatic rings. The van der Waals surface area contributed by atoms with E-state index in [4.69, 9.17) is 4.74 Å². The number of piperidine rings is 1. The van der Waals surface area contributed by atoms with Gasteiger partial charge in [-0.05, 0) is 44.2 Å². The lowest BCUT2D eigenvalue weighted by atomic mass is 10.00. The molecule has 0 bridgehead atoms. The quantitative estimate of drug-likeness (QED) is 0.787. The average molecular weight is 305 g/mol. The molecule has 0 aliphatic carbocycles. The summed E-state index contributed by atoms with van der Waals surface area (Å²) in [5.41, 5.74) is 0.617. The van der Waals surface area contributed by atoms with Crippen molar-refractivity contribution in [3.63, 3.8) is 0 Å². The zero-order valence-corrected chi connectivity index (χ0v) is 13.7. The third-order valence-electron chi connectivity index (χ3n) is 4.21. The molecule has 0 radical (unpaired) electrons. The SMILES string of the molecule is CCC1CCCCN1c1ccc(C(=O)NCCCOC)cn1. The summed E-state index contributed by atoms with van der Waals surface area (Å²) in [6.45, 7) is 4.57. The molecule has 0 saturated carbocycles. The molecule has 122 valence electrons. The second-order valence-electron chi connectivity index (χ2n) is 5.76. The minimum Gasteiger partial charge on any atom is -0.385 e. The number of aromatic nitrogens is 1. The Hall–Kier alpha value is -1.62. The molecule has 1 aromatic heterocycles. The van der Waals surface area contributed by atoms with E-state index < -0.39 is 0 Å². The maximum Gasteiger partial charge on any atom is 0.252 e. The smallest absolute Gasteiger partial charge is 0.252 e. The van der Waals surface area contributed by atoms with Crippen LogP contribution in [0.2, 0.25) is 0 Å². The number of rotatable bonds is 7. The van der Waals surface area contributed by atoms with Crippen molar-refractivity contribution in [2.75, 3.05) is 31.7 Å². The number of anilines is 1. The van der Waals surface area contributed by atoms with Gasteiger partial charge in [0, 0.05) is 39.0 Å². The fraction of sp³-hybridized carbons (Fsp3) is 0.647. The standard InChI is InChI=1S/C17H27N3O2/c1-3-15-7-4-5-11-20(15)16-9-8-14(13-19-16)17(21)18-10-6-12-22-2/h8-9,13,15H,3-7,10-12H2,1-2H3,(H,18,21). The van der Waals surface area contributed by atoms with Gasteiger partial charge in [0.15, 0.2) is 0 Å². The van der Waals surface area contributed by atoms with Gasteiger partial charge < -0.3 is 15.0 Å². The fourth-order valence-electron chi connectivity index (χ4n) is 2.94. The molecule has 1 amide bonds. The van der Waals surface area contributed by atoms with Gasteiger partial charge in [-0.2, -0.15) is 0 Å². The van der Waals surface area contributed by atoms with Crippen LogP contribution in [-0.2, 0) is 4.74 Å². The first kappa shape index (κ1) is 16.7. The molecule has 22 heavy (non-hydrogen) atoms. The van der Waals surface area contributed by atoms with E-state index in [2.05, 4.69) is 22.1 Å². The van der Waals surface area contributed by atoms with Crippen LogP contribution < -0.4 is 10.2 Å². The Bertz CT molecular complexity index is 461. The number of amides is 1. The Morgan fingerprint density at radius 3 is 3.00 bits per heavy atom. The molecular formula is C17H27N3O2. The van der Waals surface area contributed by atoms with E-state index in [1.165, 1.54) is 19.3 Å². The highest BCUT2D eigenvalue weighted by molar-refractivity contribution is 5.94. The summed E-state index contributed by atoms with van der Waals surface area (Å²) in [6, 6.07) is 4.42. The first-order valence-electron chi connectivity index (χ1n) is 8.26. The van der Waals surface area contributed by atoms with E-state index >= 15 is 0 Å². The van der Waals surface area contributed by atoms with E-state index in [1.54, 1.807) is 13.3 Å². The number of carbonyl (C=O) groups excluding carboxylic acids is 1. The Balaban J connectivity index is 1.93. The van der Waals surface area contributed by atoms with E-state index in [1.807, 2.05) is 12.1 Å². The van der Waals surface area contributed by atoms with E-state index in [9.17, 15) is 4.79 Å². The van der Waals surface area contributed by atoms with Gasteiger partial charge in [-0.1, -0.05) is 6.92 Å². The molecule has 1 saturated heterocycles. The van der Waals surface area contributed by atoms with Crippen molar-refractivity contribution in [1.29, 1.82) is 0 Å². The number of hydrogen-bond donors (Lipinski definition) is 1. The predicted octanol–water partition coefficient (Wildman–Crippen LogP) is 2.62. The Labute approximate surface area is 133 Å². The molecule has 1 atom stereocenters. The molecule has 0 spiro atoms. The van der Waals surface area contributed by atoms with Crippen molar-refractivity contribution < 1.29 is 9.53 Å². The predicted molar refractivity (Wildman–Crippen MR) is 88.3 cm³/mol. The normalized spacial score (nSPS) is 18.3. The molecule has 0 aromatic carbocycles. The summed E-state index contributed by atoms with van der Waals surface area (Å²) in [5.74, 6) is 0.920. The van der Waals surface area contributed by atoms with Gasteiger partial charge in [0.05, 0.1) is 5.56 Å². The van der Waals surface area contributed by atoms with Crippen LogP contribution in [0.4, 0.5) is 5.82 Å². The lowest BCUT2D eigenvalue weighted by molar-refractivity contribution is 0.0948. The van der Waals surface area contributed by atoms with Crippen LogP contribution in [0.25, 0.3) is 0 Å². The van der Waals surface area contributed by atoms with Crippen LogP contribution in [0, 0.1) is 0 Å². The van der Waals surface area contributed by atoms with Gasteiger partial charge in [0.1, 0.15) is 5.82 Å². The molecule has 1 unspecified atom stereocenters. The van der Waals surface area contributed by atoms with Gasteiger partial charge in [0.25, 0.3) is 5.91 Å². The van der Waals surface area contributed by atoms with Crippen molar-refractivity contribution in [3.05, 3.63) is 23.9 Å². The van der Waals surface area contributed by atoms with Gasteiger partial charge >= 0.3 is 0 Å². The topological polar surface area (TPSA) is 54.5 Å². The number of methoxy groups -OCH3 is 1. The van der Waals surface area contributed by atoms with Gasteiger partial charge in [-0.15, -0.1) is 0 Å². The van der Waals surface area contributed by atoms with E-state index in [0.29, 0.717) is 24.8 Å². The molecule has 2 rings (SSSR count). The number of hydrogen-bond acceptors (Lipinski definition) is 4. The zero-order chi connectivity index (χ0) is 15.8. The molecule has 1 fully saturated rings. The van der Waals surface area contributed by atoms with Gasteiger partial charge in [0.2, 0.25) is 0 Å². The molecule has 2 heterocycles. The van der Waals surface area contributed by atoms with Crippen molar-refractivity contribution in [2.24, 2.45) is 0 Å². The minimum atomic E-state index is -0.0687. The van der Waals surface area contributed by atoms with Crippen LogP contribution in [-0.4, -0.2) is 43.7 Å². The number of nitrogens with zero attached hydrogens (tertiary/aromatic N) is 2. The third-order valence-corrected chi connectivity index (χ3v) is 4.21. The van der Waals surface area contributed by atoms with Crippen LogP contribution in [0.15, 0.2) is 18.3 Å². The first-order chi connectivity index (χ1) is 10.8. The van der Waals surface area contributed by atoms with Crippen molar-refractivity contribution in [1.82, 2.24) is 10.3 Å². The first-order valence-corrected chi connectivity index (χ1v) is 8.26. The highest BCUT2D eigenvalue weighted by atomic mass is 16.5. The highest BCUT2D eigenvalue weighted by Crippen LogP contribution is 2.24.